The second kappa shape index (κ2) is 5.16. The molecule has 0 aromatic rings. The molecule has 1 aliphatic rings. The van der Waals surface area contributed by atoms with E-state index >= 15 is 0 Å². The van der Waals surface area contributed by atoms with Gasteiger partial charge in [-0.2, -0.15) is 0 Å². The van der Waals surface area contributed by atoms with E-state index in [0.717, 1.165) is 5.92 Å². The van der Waals surface area contributed by atoms with Gasteiger partial charge in [-0.1, -0.05) is 34.1 Å². The van der Waals surface area contributed by atoms with Crippen molar-refractivity contribution in [3.8, 4) is 0 Å². The van der Waals surface area contributed by atoms with Crippen molar-refractivity contribution in [2.75, 3.05) is 19.6 Å². The lowest BCUT2D eigenvalue weighted by Crippen LogP contribution is -2.38. The molecule has 1 heteroatoms. The highest BCUT2D eigenvalue weighted by atomic mass is 15.1. The molecule has 0 aliphatic heterocycles. The van der Waals surface area contributed by atoms with Crippen molar-refractivity contribution in [1.82, 2.24) is 4.90 Å². The fourth-order valence-corrected chi connectivity index (χ4v) is 2.26. The summed E-state index contributed by atoms with van der Waals surface area (Å²) in [4.78, 5) is 2.67. The van der Waals surface area contributed by atoms with E-state index in [-0.39, 0.29) is 0 Å². The summed E-state index contributed by atoms with van der Waals surface area (Å²) in [6.07, 6.45) is 5.72. The van der Waals surface area contributed by atoms with Crippen molar-refractivity contribution < 1.29 is 0 Å². The van der Waals surface area contributed by atoms with Crippen LogP contribution in [0, 0.1) is 11.3 Å². The lowest BCUT2D eigenvalue weighted by Gasteiger charge is -2.35. The molecule has 0 N–H and O–H groups in total. The second-order valence-corrected chi connectivity index (χ2v) is 6.09. The molecule has 0 saturated heterocycles. The van der Waals surface area contributed by atoms with E-state index in [2.05, 4.69) is 32.6 Å². The van der Waals surface area contributed by atoms with Crippen molar-refractivity contribution in [3.63, 3.8) is 0 Å². The van der Waals surface area contributed by atoms with Crippen LogP contribution in [0.1, 0.15) is 53.4 Å². The Labute approximate surface area is 89.9 Å². The molecule has 84 valence electrons. The van der Waals surface area contributed by atoms with E-state index in [9.17, 15) is 0 Å². The van der Waals surface area contributed by atoms with E-state index in [4.69, 9.17) is 0 Å². The summed E-state index contributed by atoms with van der Waals surface area (Å²) < 4.78 is 0. The molecule has 0 radical (unpaired) electrons. The zero-order valence-electron chi connectivity index (χ0n) is 10.5. The molecule has 1 saturated carbocycles. The van der Waals surface area contributed by atoms with E-state index in [0.29, 0.717) is 5.41 Å². The molecule has 1 fully saturated rings. The summed E-state index contributed by atoms with van der Waals surface area (Å²) in [5.41, 5.74) is 0.457. The highest BCUT2D eigenvalue weighted by Crippen LogP contribution is 2.28. The Morgan fingerprint density at radius 3 is 2.21 bits per heavy atom. The van der Waals surface area contributed by atoms with Crippen LogP contribution < -0.4 is 0 Å². The minimum Gasteiger partial charge on any atom is -0.303 e. The third-order valence-electron chi connectivity index (χ3n) is 2.98. The predicted molar refractivity (Wildman–Crippen MR) is 63.5 cm³/mol. The Hall–Kier alpha value is -0.0400. The largest absolute Gasteiger partial charge is 0.303 e. The summed E-state index contributed by atoms with van der Waals surface area (Å²) in [5.74, 6) is 1.02. The van der Waals surface area contributed by atoms with Crippen LogP contribution in [0.15, 0.2) is 0 Å². The van der Waals surface area contributed by atoms with Gasteiger partial charge in [0.25, 0.3) is 0 Å². The monoisotopic (exact) mass is 197 g/mol. The second-order valence-electron chi connectivity index (χ2n) is 6.09. The average Bonchev–Trinajstić information content (AvgIpc) is 1.94. The SMILES string of the molecule is CCCN(CC1CCC1)CC(C)(C)C. The zero-order valence-corrected chi connectivity index (χ0v) is 10.5. The summed E-state index contributed by atoms with van der Waals surface area (Å²) >= 11 is 0. The normalized spacial score (nSPS) is 18.6. The fourth-order valence-electron chi connectivity index (χ4n) is 2.26. The number of nitrogens with zero attached hydrogens (tertiary/aromatic N) is 1. The molecule has 1 rings (SSSR count). The van der Waals surface area contributed by atoms with Crippen LogP contribution in [-0.4, -0.2) is 24.5 Å². The number of rotatable bonds is 5. The third-order valence-corrected chi connectivity index (χ3v) is 2.98. The molecule has 0 spiro atoms. The Morgan fingerprint density at radius 2 is 1.86 bits per heavy atom. The summed E-state index contributed by atoms with van der Waals surface area (Å²) in [5, 5.41) is 0. The lowest BCUT2D eigenvalue weighted by molar-refractivity contribution is 0.136. The molecule has 0 amide bonds. The van der Waals surface area contributed by atoms with E-state index in [1.165, 1.54) is 45.3 Å². The topological polar surface area (TPSA) is 3.24 Å². The Balaban J connectivity index is 2.29. The summed E-state index contributed by atoms with van der Waals surface area (Å²) in [7, 11) is 0. The van der Waals surface area contributed by atoms with Gasteiger partial charge >= 0.3 is 0 Å². The van der Waals surface area contributed by atoms with E-state index in [1.54, 1.807) is 0 Å². The van der Waals surface area contributed by atoms with Gasteiger partial charge in [0.1, 0.15) is 0 Å². The van der Waals surface area contributed by atoms with Gasteiger partial charge < -0.3 is 4.90 Å². The van der Waals surface area contributed by atoms with Crippen molar-refractivity contribution in [2.24, 2.45) is 11.3 Å². The van der Waals surface area contributed by atoms with Crippen LogP contribution in [-0.2, 0) is 0 Å². The van der Waals surface area contributed by atoms with Gasteiger partial charge in [-0.15, -0.1) is 0 Å². The predicted octanol–water partition coefficient (Wildman–Crippen LogP) is 3.54. The number of hydrogen-bond acceptors (Lipinski definition) is 1. The van der Waals surface area contributed by atoms with Crippen LogP contribution in [0.4, 0.5) is 0 Å². The maximum absolute atomic E-state index is 2.67. The lowest BCUT2D eigenvalue weighted by atomic mass is 9.84. The molecule has 0 atom stereocenters. The first-order chi connectivity index (χ1) is 6.51. The molecule has 1 nitrogen and oxygen atoms in total. The van der Waals surface area contributed by atoms with Gasteiger partial charge in [-0.25, -0.2) is 0 Å². The van der Waals surface area contributed by atoms with Crippen LogP contribution in [0.2, 0.25) is 0 Å². The van der Waals surface area contributed by atoms with Gasteiger partial charge in [0.2, 0.25) is 0 Å². The molecule has 14 heavy (non-hydrogen) atoms. The molecule has 0 bridgehead atoms. The average molecular weight is 197 g/mol. The molecular weight excluding hydrogens is 170 g/mol. The minimum absolute atomic E-state index is 0.457. The van der Waals surface area contributed by atoms with Crippen LogP contribution >= 0.6 is 0 Å². The van der Waals surface area contributed by atoms with E-state index in [1.807, 2.05) is 0 Å². The molecule has 0 aromatic carbocycles. The molecule has 1 aliphatic carbocycles. The summed E-state index contributed by atoms with van der Waals surface area (Å²) in [6, 6.07) is 0. The first kappa shape index (κ1) is 12.0. The highest BCUT2D eigenvalue weighted by molar-refractivity contribution is 4.76. The molecular formula is C13H27N. The van der Waals surface area contributed by atoms with Crippen molar-refractivity contribution in [1.29, 1.82) is 0 Å². The minimum atomic E-state index is 0.457. The molecule has 0 aromatic heterocycles. The van der Waals surface area contributed by atoms with Gasteiger partial charge in [0, 0.05) is 13.1 Å². The molecule has 0 heterocycles. The van der Waals surface area contributed by atoms with Gasteiger partial charge in [0.05, 0.1) is 0 Å². The quantitative estimate of drug-likeness (QED) is 0.651. The number of hydrogen-bond donors (Lipinski definition) is 0. The maximum atomic E-state index is 2.67. The van der Waals surface area contributed by atoms with Crippen LogP contribution in [0.5, 0.6) is 0 Å². The van der Waals surface area contributed by atoms with Crippen molar-refractivity contribution >= 4 is 0 Å². The van der Waals surface area contributed by atoms with Crippen LogP contribution in [0.3, 0.4) is 0 Å². The maximum Gasteiger partial charge on any atom is 0.00302 e. The summed E-state index contributed by atoms with van der Waals surface area (Å²) in [6.45, 7) is 13.2. The van der Waals surface area contributed by atoms with Gasteiger partial charge in [-0.3, -0.25) is 0 Å². The van der Waals surface area contributed by atoms with Crippen LogP contribution in [0.25, 0.3) is 0 Å². The zero-order chi connectivity index (χ0) is 10.6. The van der Waals surface area contributed by atoms with Crippen molar-refractivity contribution in [3.05, 3.63) is 0 Å². The third kappa shape index (κ3) is 4.45. The van der Waals surface area contributed by atoms with E-state index < -0.39 is 0 Å². The van der Waals surface area contributed by atoms with Gasteiger partial charge in [0.15, 0.2) is 0 Å². The highest BCUT2D eigenvalue weighted by Gasteiger charge is 2.22. The fraction of sp³-hybridized carbons (Fsp3) is 1.00. The Morgan fingerprint density at radius 1 is 1.21 bits per heavy atom. The first-order valence-electron chi connectivity index (χ1n) is 6.23. The van der Waals surface area contributed by atoms with Crippen molar-refractivity contribution in [2.45, 2.75) is 53.4 Å². The Kier molecular flexibility index (Phi) is 4.43. The Bertz CT molecular complexity index is 153. The molecule has 0 unspecified atom stereocenters. The van der Waals surface area contributed by atoms with Gasteiger partial charge in [-0.05, 0) is 37.1 Å². The standard InChI is InChI=1S/C13H27N/c1-5-9-14(11-13(2,3)4)10-12-7-6-8-12/h12H,5-11H2,1-4H3. The first-order valence-corrected chi connectivity index (χ1v) is 6.23. The smallest absolute Gasteiger partial charge is 0.00302 e.